The number of nitrogens with zero attached hydrogens (tertiary/aromatic N) is 1. The summed E-state index contributed by atoms with van der Waals surface area (Å²) in [5, 5.41) is 2.89. The van der Waals surface area contributed by atoms with Gasteiger partial charge in [-0.05, 0) is 17.7 Å². The van der Waals surface area contributed by atoms with Crippen LogP contribution in [0.1, 0.15) is 15.9 Å². The van der Waals surface area contributed by atoms with Crippen molar-refractivity contribution in [2.75, 3.05) is 13.7 Å². The van der Waals surface area contributed by atoms with Crippen molar-refractivity contribution in [3.05, 3.63) is 45.7 Å². The number of hydrogen-bond donors (Lipinski definition) is 3. The van der Waals surface area contributed by atoms with Crippen LogP contribution in [0.5, 0.6) is 0 Å². The fourth-order valence-electron chi connectivity index (χ4n) is 2.35. The van der Waals surface area contributed by atoms with Crippen molar-refractivity contribution in [1.82, 2.24) is 9.88 Å². The van der Waals surface area contributed by atoms with Gasteiger partial charge in [-0.1, -0.05) is 6.07 Å². The van der Waals surface area contributed by atoms with Gasteiger partial charge in [-0.25, -0.2) is 0 Å². The smallest absolute Gasteiger partial charge is 0.324 e. The Labute approximate surface area is 138 Å². The maximum Gasteiger partial charge on any atom is 0.324 e. The van der Waals surface area contributed by atoms with Gasteiger partial charge in [0.05, 0.1) is 12.6 Å². The number of nitrogens with one attached hydrogen (secondary N) is 1. The van der Waals surface area contributed by atoms with Crippen LogP contribution in [0.15, 0.2) is 29.2 Å². The summed E-state index contributed by atoms with van der Waals surface area (Å²) in [5.41, 5.74) is 12.3. The molecule has 128 valence electrons. The largest absolute Gasteiger partial charge is 0.468 e. The molecular weight excluding hydrogens is 312 g/mol. The SMILES string of the molecule is COC(=O)[C@@H](N)CNC(=O)c1cn(C)c2cc(CN)ccc2c1=O. The predicted molar refractivity (Wildman–Crippen MR) is 89.4 cm³/mol. The van der Waals surface area contributed by atoms with E-state index in [9.17, 15) is 14.4 Å². The Kier molecular flexibility index (Phi) is 5.32. The molecule has 1 atom stereocenters. The molecule has 2 rings (SSSR count). The highest BCUT2D eigenvalue weighted by Gasteiger charge is 2.18. The van der Waals surface area contributed by atoms with Crippen molar-refractivity contribution in [2.45, 2.75) is 12.6 Å². The van der Waals surface area contributed by atoms with Crippen LogP contribution in [0.3, 0.4) is 0 Å². The average molecular weight is 332 g/mol. The number of fused-ring (bicyclic) bond motifs is 1. The number of carbonyl (C=O) groups excluding carboxylic acids is 2. The zero-order valence-corrected chi connectivity index (χ0v) is 13.5. The van der Waals surface area contributed by atoms with Crippen LogP contribution in [0.4, 0.5) is 0 Å². The number of hydrogen-bond acceptors (Lipinski definition) is 6. The monoisotopic (exact) mass is 332 g/mol. The minimum atomic E-state index is -0.990. The summed E-state index contributed by atoms with van der Waals surface area (Å²) in [7, 11) is 2.94. The second kappa shape index (κ2) is 7.24. The third-order valence-electron chi connectivity index (χ3n) is 3.72. The van der Waals surface area contributed by atoms with Crippen LogP contribution in [-0.2, 0) is 23.1 Å². The van der Waals surface area contributed by atoms with E-state index in [1.807, 2.05) is 6.07 Å². The van der Waals surface area contributed by atoms with Crippen LogP contribution in [0, 0.1) is 0 Å². The lowest BCUT2D eigenvalue weighted by Gasteiger charge is -2.12. The molecule has 8 nitrogen and oxygen atoms in total. The molecule has 0 unspecified atom stereocenters. The van der Waals surface area contributed by atoms with Crippen molar-refractivity contribution >= 4 is 22.8 Å². The average Bonchev–Trinajstić information content (AvgIpc) is 2.60. The first kappa shape index (κ1) is 17.6. The highest BCUT2D eigenvalue weighted by Crippen LogP contribution is 2.13. The highest BCUT2D eigenvalue weighted by molar-refractivity contribution is 5.97. The number of nitrogens with two attached hydrogens (primary N) is 2. The quantitative estimate of drug-likeness (QED) is 0.616. The molecule has 24 heavy (non-hydrogen) atoms. The maximum absolute atomic E-state index is 12.5. The first-order valence-electron chi connectivity index (χ1n) is 7.33. The van der Waals surface area contributed by atoms with Crippen LogP contribution >= 0.6 is 0 Å². The van der Waals surface area contributed by atoms with E-state index < -0.39 is 23.3 Å². The Hall–Kier alpha value is -2.71. The molecule has 0 aliphatic carbocycles. The molecule has 0 bridgehead atoms. The first-order chi connectivity index (χ1) is 11.4. The molecule has 0 aliphatic heterocycles. The summed E-state index contributed by atoms with van der Waals surface area (Å²) in [6.07, 6.45) is 1.45. The van der Waals surface area contributed by atoms with Crippen molar-refractivity contribution in [2.24, 2.45) is 18.5 Å². The Balaban J connectivity index is 2.32. The lowest BCUT2D eigenvalue weighted by molar-refractivity contribution is -0.141. The van der Waals surface area contributed by atoms with Gasteiger partial charge in [0, 0.05) is 31.7 Å². The summed E-state index contributed by atoms with van der Waals surface area (Å²) < 4.78 is 6.17. The number of benzene rings is 1. The molecule has 0 aliphatic rings. The Morgan fingerprint density at radius 2 is 2.08 bits per heavy atom. The maximum atomic E-state index is 12.5. The molecule has 0 fully saturated rings. The molecule has 1 amide bonds. The molecule has 1 aromatic carbocycles. The zero-order chi connectivity index (χ0) is 17.9. The molecule has 1 heterocycles. The molecule has 0 spiro atoms. The standard InChI is InChI=1S/C16H20N4O4/c1-20-8-11(15(22)19-7-12(18)16(23)24-2)14(21)10-4-3-9(6-17)5-13(10)20/h3-5,8,12H,6-7,17-18H2,1-2H3,(H,19,22)/t12-/m0/s1. The number of aromatic nitrogens is 1. The van der Waals surface area contributed by atoms with Gasteiger partial charge >= 0.3 is 5.97 Å². The van der Waals surface area contributed by atoms with E-state index in [1.54, 1.807) is 23.7 Å². The fourth-order valence-corrected chi connectivity index (χ4v) is 2.35. The van der Waals surface area contributed by atoms with Gasteiger partial charge in [0.25, 0.3) is 5.91 Å². The zero-order valence-electron chi connectivity index (χ0n) is 13.5. The summed E-state index contributed by atoms with van der Waals surface area (Å²) in [4.78, 5) is 36.0. The number of aryl methyl sites for hydroxylation is 1. The van der Waals surface area contributed by atoms with E-state index in [0.717, 1.165) is 5.56 Å². The van der Waals surface area contributed by atoms with E-state index in [0.29, 0.717) is 17.4 Å². The van der Waals surface area contributed by atoms with Crippen molar-refractivity contribution in [3.8, 4) is 0 Å². The van der Waals surface area contributed by atoms with Crippen LogP contribution in [0.25, 0.3) is 10.9 Å². The molecule has 0 saturated carbocycles. The van der Waals surface area contributed by atoms with Crippen LogP contribution in [-0.4, -0.2) is 36.1 Å². The van der Waals surface area contributed by atoms with Gasteiger partial charge in [0.15, 0.2) is 0 Å². The lowest BCUT2D eigenvalue weighted by atomic mass is 10.1. The highest BCUT2D eigenvalue weighted by atomic mass is 16.5. The Morgan fingerprint density at radius 3 is 2.71 bits per heavy atom. The third kappa shape index (κ3) is 3.44. The summed E-state index contributed by atoms with van der Waals surface area (Å²) in [5.74, 6) is -1.24. The van der Waals surface area contributed by atoms with E-state index in [1.165, 1.54) is 13.3 Å². The molecule has 5 N–H and O–H groups in total. The molecular formula is C16H20N4O4. The summed E-state index contributed by atoms with van der Waals surface area (Å²) >= 11 is 0. The number of methoxy groups -OCH3 is 1. The fraction of sp³-hybridized carbons (Fsp3) is 0.312. The summed E-state index contributed by atoms with van der Waals surface area (Å²) in [6, 6.07) is 4.22. The normalized spacial score (nSPS) is 12.0. The molecule has 2 aromatic rings. The van der Waals surface area contributed by atoms with Gasteiger partial charge in [0.1, 0.15) is 11.6 Å². The minimum Gasteiger partial charge on any atom is -0.468 e. The number of amides is 1. The minimum absolute atomic E-state index is 0.0254. The number of carbonyl (C=O) groups is 2. The third-order valence-corrected chi connectivity index (χ3v) is 3.72. The lowest BCUT2D eigenvalue weighted by Crippen LogP contribution is -2.44. The Morgan fingerprint density at radius 1 is 1.38 bits per heavy atom. The number of ether oxygens (including phenoxy) is 1. The number of rotatable bonds is 5. The number of esters is 1. The molecule has 0 saturated heterocycles. The van der Waals surface area contributed by atoms with E-state index in [4.69, 9.17) is 11.5 Å². The van der Waals surface area contributed by atoms with Crippen LogP contribution in [0.2, 0.25) is 0 Å². The van der Waals surface area contributed by atoms with E-state index >= 15 is 0 Å². The molecule has 1 aromatic heterocycles. The Bertz CT molecular complexity index is 844. The topological polar surface area (TPSA) is 129 Å². The summed E-state index contributed by atoms with van der Waals surface area (Å²) in [6.45, 7) is 0.233. The van der Waals surface area contributed by atoms with E-state index in [-0.39, 0.29) is 12.1 Å². The van der Waals surface area contributed by atoms with Gasteiger partial charge in [-0.15, -0.1) is 0 Å². The van der Waals surface area contributed by atoms with Crippen molar-refractivity contribution in [1.29, 1.82) is 0 Å². The van der Waals surface area contributed by atoms with Gasteiger partial charge < -0.3 is 26.1 Å². The van der Waals surface area contributed by atoms with Crippen LogP contribution < -0.4 is 22.2 Å². The van der Waals surface area contributed by atoms with E-state index in [2.05, 4.69) is 10.1 Å². The van der Waals surface area contributed by atoms with Gasteiger partial charge in [0.2, 0.25) is 5.43 Å². The molecule has 8 heteroatoms. The second-order valence-corrected chi connectivity index (χ2v) is 5.38. The first-order valence-corrected chi connectivity index (χ1v) is 7.33. The van der Waals surface area contributed by atoms with Crippen molar-refractivity contribution < 1.29 is 14.3 Å². The van der Waals surface area contributed by atoms with Crippen molar-refractivity contribution in [3.63, 3.8) is 0 Å². The van der Waals surface area contributed by atoms with Gasteiger partial charge in [-0.3, -0.25) is 14.4 Å². The second-order valence-electron chi connectivity index (χ2n) is 5.38. The number of pyridine rings is 1. The molecule has 0 radical (unpaired) electrons. The van der Waals surface area contributed by atoms with Gasteiger partial charge in [-0.2, -0.15) is 0 Å². The predicted octanol–water partition coefficient (Wildman–Crippen LogP) is -0.773.